The first-order chi connectivity index (χ1) is 17.0. The van der Waals surface area contributed by atoms with Gasteiger partial charge >= 0.3 is 18.5 Å². The number of hydrogen-bond acceptors (Lipinski definition) is 5. The molecule has 0 aliphatic carbocycles. The number of halogens is 10. The van der Waals surface area contributed by atoms with E-state index < -0.39 is 79.3 Å². The number of nitrogens with zero attached hydrogens (tertiary/aromatic N) is 5. The zero-order valence-corrected chi connectivity index (χ0v) is 17.2. The van der Waals surface area contributed by atoms with Crippen molar-refractivity contribution >= 4 is 11.1 Å². The van der Waals surface area contributed by atoms with Crippen LogP contribution in [-0.4, -0.2) is 0 Å². The van der Waals surface area contributed by atoms with Gasteiger partial charge in [0.2, 0.25) is 0 Å². The summed E-state index contributed by atoms with van der Waals surface area (Å²) in [7, 11) is 0. The molecule has 0 aliphatic heterocycles. The molecule has 0 aliphatic rings. The van der Waals surface area contributed by atoms with Gasteiger partial charge in [0.15, 0.2) is 0 Å². The van der Waals surface area contributed by atoms with E-state index in [1.165, 1.54) is 0 Å². The van der Waals surface area contributed by atoms with E-state index in [0.717, 1.165) is 30.3 Å². The van der Waals surface area contributed by atoms with Crippen molar-refractivity contribution in [2.24, 2.45) is 0 Å². The maximum Gasteiger partial charge on any atom is 0.418 e. The second kappa shape index (κ2) is 9.53. The van der Waals surface area contributed by atoms with Crippen LogP contribution < -0.4 is 10.4 Å². The maximum atomic E-state index is 15.0. The van der Waals surface area contributed by atoms with E-state index in [-0.39, 0.29) is 18.2 Å². The van der Waals surface area contributed by atoms with Gasteiger partial charge in [0.1, 0.15) is 41.7 Å². The first-order valence-corrected chi connectivity index (χ1v) is 8.99. The Labute approximate surface area is 198 Å². The van der Waals surface area contributed by atoms with Crippen LogP contribution in [0.3, 0.4) is 0 Å². The third-order valence-corrected chi connectivity index (χ3v) is 4.68. The lowest BCUT2D eigenvalue weighted by molar-refractivity contribution is -0.143. The first-order valence-electron chi connectivity index (χ1n) is 8.99. The Bertz CT molecular complexity index is 1590. The number of benzene rings is 2. The van der Waals surface area contributed by atoms with Crippen molar-refractivity contribution in [3.63, 3.8) is 0 Å². The van der Waals surface area contributed by atoms with Crippen LogP contribution in [0.4, 0.5) is 43.9 Å². The van der Waals surface area contributed by atoms with E-state index in [1.807, 2.05) is 0 Å². The highest BCUT2D eigenvalue weighted by atomic mass is 19.4. The Balaban J connectivity index is 3.42. The number of alkyl halides is 9. The van der Waals surface area contributed by atoms with E-state index >= 15 is 4.39 Å². The van der Waals surface area contributed by atoms with Gasteiger partial charge in [-0.1, -0.05) is 0 Å². The van der Waals surface area contributed by atoms with Crippen molar-refractivity contribution in [2.45, 2.75) is 18.5 Å². The lowest BCUT2D eigenvalue weighted by atomic mass is 9.91. The van der Waals surface area contributed by atoms with E-state index in [1.54, 1.807) is 0 Å². The fourth-order valence-electron chi connectivity index (χ4n) is 3.26. The number of rotatable bonds is 1. The molecule has 37 heavy (non-hydrogen) atoms. The molecule has 0 aromatic heterocycles. The van der Waals surface area contributed by atoms with Gasteiger partial charge in [-0.15, -0.1) is 0 Å². The molecule has 0 bridgehead atoms. The van der Waals surface area contributed by atoms with Crippen molar-refractivity contribution < 1.29 is 43.9 Å². The van der Waals surface area contributed by atoms with Gasteiger partial charge in [0, 0.05) is 10.4 Å². The predicted octanol–water partition coefficient (Wildman–Crippen LogP) is 4.55. The highest BCUT2D eigenvalue weighted by Gasteiger charge is 2.42. The van der Waals surface area contributed by atoms with Crippen LogP contribution in [0.25, 0.3) is 11.1 Å². The highest BCUT2D eigenvalue weighted by Crippen LogP contribution is 2.41. The van der Waals surface area contributed by atoms with Gasteiger partial charge in [-0.25, -0.2) is 4.39 Å². The molecule has 2 aromatic carbocycles. The summed E-state index contributed by atoms with van der Waals surface area (Å²) in [5, 5.41) is 42.5. The number of hydrogen-bond donors (Lipinski definition) is 0. The van der Waals surface area contributed by atoms with Crippen molar-refractivity contribution in [1.82, 2.24) is 0 Å². The largest absolute Gasteiger partial charge is 0.418 e. The minimum Gasteiger partial charge on any atom is -0.206 e. The molecule has 15 heteroatoms. The van der Waals surface area contributed by atoms with Crippen molar-refractivity contribution in [2.75, 3.05) is 0 Å². The Morgan fingerprint density at radius 3 is 1.41 bits per heavy atom. The standard InChI is InChI=1S/C22H3F10N5/c23-17-3-11(10(4-33)5-34)19(22(30,31)32)14(8-37)18(17)12(6-35)9-1-15(20(24,25)26)13(7-36)16(2-9)21(27,28)29/h1-3H/b18-12+. The lowest BCUT2D eigenvalue weighted by Crippen LogP contribution is -2.32. The van der Waals surface area contributed by atoms with Gasteiger partial charge in [-0.3, -0.25) is 0 Å². The van der Waals surface area contributed by atoms with Crippen LogP contribution >= 0.6 is 0 Å². The average molecular weight is 527 g/mol. The summed E-state index contributed by atoms with van der Waals surface area (Å²) < 4.78 is 137. The Hall–Kier alpha value is -5.07. The van der Waals surface area contributed by atoms with Crippen molar-refractivity contribution in [3.8, 4) is 30.3 Å². The molecule has 0 fully saturated rings. The molecular weight excluding hydrogens is 524 g/mol. The molecule has 0 saturated heterocycles. The molecule has 0 atom stereocenters. The molecule has 0 spiro atoms. The van der Waals surface area contributed by atoms with Gasteiger partial charge < -0.3 is 0 Å². The Morgan fingerprint density at radius 2 is 1.08 bits per heavy atom. The Kier molecular flexibility index (Phi) is 7.25. The monoisotopic (exact) mass is 527 g/mol. The third kappa shape index (κ3) is 5.15. The van der Waals surface area contributed by atoms with E-state index in [4.69, 9.17) is 15.8 Å². The van der Waals surface area contributed by atoms with Crippen LogP contribution in [0.2, 0.25) is 0 Å². The number of nitriles is 5. The minimum atomic E-state index is -5.64. The second-order valence-corrected chi connectivity index (χ2v) is 6.78. The summed E-state index contributed by atoms with van der Waals surface area (Å²) >= 11 is 0. The molecule has 0 N–H and O–H groups in total. The van der Waals surface area contributed by atoms with Crippen LogP contribution in [0, 0.1) is 62.5 Å². The maximum absolute atomic E-state index is 15.0. The van der Waals surface area contributed by atoms with Crippen LogP contribution in [0.1, 0.15) is 33.4 Å². The van der Waals surface area contributed by atoms with Crippen LogP contribution in [-0.2, 0) is 18.5 Å². The molecule has 0 amide bonds. The molecular formula is C22H3F10N5. The second-order valence-electron chi connectivity index (χ2n) is 6.78. The molecule has 5 nitrogen and oxygen atoms in total. The topological polar surface area (TPSA) is 119 Å². The van der Waals surface area contributed by atoms with Crippen LogP contribution in [0.15, 0.2) is 18.2 Å². The molecule has 0 heterocycles. The van der Waals surface area contributed by atoms with Crippen molar-refractivity contribution in [3.05, 3.63) is 67.8 Å². The average Bonchev–Trinajstić information content (AvgIpc) is 2.78. The molecule has 0 unspecified atom stereocenters. The van der Waals surface area contributed by atoms with E-state index in [2.05, 4.69) is 0 Å². The molecule has 0 saturated carbocycles. The van der Waals surface area contributed by atoms with Gasteiger partial charge in [0.05, 0.1) is 33.4 Å². The summed E-state index contributed by atoms with van der Waals surface area (Å²) in [5.74, 6) is -1.94. The highest BCUT2D eigenvalue weighted by molar-refractivity contribution is 5.80. The fraction of sp³-hybridized carbons (Fsp3) is 0.136. The van der Waals surface area contributed by atoms with Crippen LogP contribution in [0.5, 0.6) is 0 Å². The van der Waals surface area contributed by atoms with E-state index in [9.17, 15) is 50.0 Å². The van der Waals surface area contributed by atoms with Crippen molar-refractivity contribution in [1.29, 1.82) is 26.3 Å². The fourth-order valence-corrected chi connectivity index (χ4v) is 3.26. The Morgan fingerprint density at radius 1 is 0.622 bits per heavy atom. The zero-order valence-electron chi connectivity index (χ0n) is 17.2. The van der Waals surface area contributed by atoms with E-state index in [0.29, 0.717) is 0 Å². The summed E-state index contributed by atoms with van der Waals surface area (Å²) in [5.41, 5.74) is -14.6. The molecule has 186 valence electrons. The van der Waals surface area contributed by atoms with Gasteiger partial charge in [-0.2, -0.15) is 65.8 Å². The van der Waals surface area contributed by atoms with Gasteiger partial charge in [-0.05, 0) is 23.8 Å². The summed E-state index contributed by atoms with van der Waals surface area (Å²) in [6.07, 6.45) is -16.9. The predicted molar refractivity (Wildman–Crippen MR) is 99.3 cm³/mol. The SMILES string of the molecule is N#CC(C#N)=c1cc(F)/c(=C(\C#N)c2cc(C(F)(F)F)c(C#N)c(C(F)(F)F)c2)c(C#N)c1C(F)(F)F. The van der Waals surface area contributed by atoms with Gasteiger partial charge in [0.25, 0.3) is 0 Å². The summed E-state index contributed by atoms with van der Waals surface area (Å²) in [6, 6.07) is 4.23. The lowest BCUT2D eigenvalue weighted by Gasteiger charge is -2.17. The first kappa shape index (κ1) is 28.2. The summed E-state index contributed by atoms with van der Waals surface area (Å²) in [4.78, 5) is 0. The minimum absolute atomic E-state index is 0.100. The molecule has 2 rings (SSSR count). The quantitative estimate of drug-likeness (QED) is 0.505. The zero-order chi connectivity index (χ0) is 28.5. The smallest absolute Gasteiger partial charge is 0.206 e. The normalized spacial score (nSPS) is 12.4. The third-order valence-electron chi connectivity index (χ3n) is 4.68. The molecule has 0 radical (unpaired) electrons. The summed E-state index contributed by atoms with van der Waals surface area (Å²) in [6.45, 7) is 0. The molecule has 2 aromatic rings.